The smallest absolute Gasteiger partial charge is 0.408 e. The van der Waals surface area contributed by atoms with Crippen LogP contribution >= 0.6 is 0 Å². The van der Waals surface area contributed by atoms with Gasteiger partial charge in [-0.05, 0) is 70.7 Å². The number of nitrogens with zero attached hydrogens (tertiary/aromatic N) is 1. The molecule has 0 bridgehead atoms. The number of carbonyl (C=O) groups excluding carboxylic acids is 3. The molecule has 0 saturated heterocycles. The summed E-state index contributed by atoms with van der Waals surface area (Å²) >= 11 is 0. The molecule has 188 valence electrons. The van der Waals surface area contributed by atoms with E-state index < -0.39 is 23.6 Å². The maximum atomic E-state index is 13.7. The summed E-state index contributed by atoms with van der Waals surface area (Å²) in [5, 5.41) is 5.53. The van der Waals surface area contributed by atoms with Crippen LogP contribution in [0.15, 0.2) is 49.1 Å². The van der Waals surface area contributed by atoms with Gasteiger partial charge in [0, 0.05) is 12.2 Å². The van der Waals surface area contributed by atoms with E-state index in [1.165, 1.54) is 4.90 Å². The SMILES string of the molecule is C=CCN(C(=O)CNC(=O)OC(C)(C)C)C(C(=O)Nc1c(C)cccc1C)c1ccc(C)cc1C. The lowest BCUT2D eigenvalue weighted by Gasteiger charge is -2.32. The molecule has 7 heteroatoms. The van der Waals surface area contributed by atoms with Gasteiger partial charge in [0.05, 0.1) is 0 Å². The van der Waals surface area contributed by atoms with Crippen LogP contribution in [0.2, 0.25) is 0 Å². The zero-order valence-electron chi connectivity index (χ0n) is 21.8. The average Bonchev–Trinajstić information content (AvgIpc) is 2.74. The second-order valence-corrected chi connectivity index (χ2v) is 9.71. The van der Waals surface area contributed by atoms with Crippen molar-refractivity contribution in [2.45, 2.75) is 60.1 Å². The Morgan fingerprint density at radius 2 is 1.66 bits per heavy atom. The molecular formula is C28H37N3O4. The Hall–Kier alpha value is -3.61. The van der Waals surface area contributed by atoms with Gasteiger partial charge in [0.25, 0.3) is 5.91 Å². The highest BCUT2D eigenvalue weighted by Gasteiger charge is 2.32. The number of hydrogen-bond acceptors (Lipinski definition) is 4. The van der Waals surface area contributed by atoms with E-state index in [-0.39, 0.29) is 19.0 Å². The van der Waals surface area contributed by atoms with Crippen molar-refractivity contribution in [2.24, 2.45) is 0 Å². The minimum atomic E-state index is -0.930. The Morgan fingerprint density at radius 1 is 1.03 bits per heavy atom. The molecule has 0 aliphatic heterocycles. The second kappa shape index (κ2) is 11.7. The molecule has 0 fully saturated rings. The first-order valence-corrected chi connectivity index (χ1v) is 11.7. The van der Waals surface area contributed by atoms with Gasteiger partial charge in [-0.3, -0.25) is 9.59 Å². The van der Waals surface area contributed by atoms with E-state index in [2.05, 4.69) is 17.2 Å². The number of amides is 3. The summed E-state index contributed by atoms with van der Waals surface area (Å²) < 4.78 is 5.24. The van der Waals surface area contributed by atoms with Gasteiger partial charge in [-0.2, -0.15) is 0 Å². The molecule has 35 heavy (non-hydrogen) atoms. The number of ether oxygens (including phenoxy) is 1. The minimum Gasteiger partial charge on any atom is -0.444 e. The van der Waals surface area contributed by atoms with E-state index in [1.807, 2.05) is 64.1 Å². The van der Waals surface area contributed by atoms with Gasteiger partial charge in [-0.1, -0.05) is 48.0 Å². The fourth-order valence-electron chi connectivity index (χ4n) is 3.84. The summed E-state index contributed by atoms with van der Waals surface area (Å²) in [7, 11) is 0. The first kappa shape index (κ1) is 27.6. The zero-order valence-corrected chi connectivity index (χ0v) is 21.8. The van der Waals surface area contributed by atoms with Gasteiger partial charge < -0.3 is 20.3 Å². The van der Waals surface area contributed by atoms with Gasteiger partial charge in [-0.25, -0.2) is 4.79 Å². The molecule has 0 saturated carbocycles. The van der Waals surface area contributed by atoms with Crippen LogP contribution in [0.1, 0.15) is 54.6 Å². The van der Waals surface area contributed by atoms with E-state index in [0.717, 1.165) is 22.3 Å². The van der Waals surface area contributed by atoms with Gasteiger partial charge in [0.2, 0.25) is 5.91 Å². The molecule has 0 aliphatic rings. The number of benzene rings is 2. The third-order valence-electron chi connectivity index (χ3n) is 5.44. The lowest BCUT2D eigenvalue weighted by atomic mass is 9.96. The Balaban J connectivity index is 2.43. The van der Waals surface area contributed by atoms with Crippen molar-refractivity contribution in [1.29, 1.82) is 0 Å². The van der Waals surface area contributed by atoms with Crippen LogP contribution in [0.5, 0.6) is 0 Å². The lowest BCUT2D eigenvalue weighted by Crippen LogP contribution is -2.46. The summed E-state index contributed by atoms with van der Waals surface area (Å²) in [5.74, 6) is -0.779. The molecule has 1 unspecified atom stereocenters. The van der Waals surface area contributed by atoms with Crippen molar-refractivity contribution in [2.75, 3.05) is 18.4 Å². The number of rotatable bonds is 8. The van der Waals surface area contributed by atoms with Crippen molar-refractivity contribution in [1.82, 2.24) is 10.2 Å². The van der Waals surface area contributed by atoms with Gasteiger partial charge in [0.15, 0.2) is 0 Å². The lowest BCUT2D eigenvalue weighted by molar-refractivity contribution is -0.137. The molecule has 0 aromatic heterocycles. The predicted octanol–water partition coefficient (Wildman–Crippen LogP) is 5.14. The Labute approximate surface area is 208 Å². The molecule has 2 rings (SSSR count). The quantitative estimate of drug-likeness (QED) is 0.513. The van der Waals surface area contributed by atoms with E-state index in [0.29, 0.717) is 11.3 Å². The zero-order chi connectivity index (χ0) is 26.3. The highest BCUT2D eigenvalue weighted by Crippen LogP contribution is 2.28. The van der Waals surface area contributed by atoms with Gasteiger partial charge >= 0.3 is 6.09 Å². The summed E-state index contributed by atoms with van der Waals surface area (Å²) in [6.45, 7) is 16.5. The molecule has 0 spiro atoms. The van der Waals surface area contributed by atoms with Crippen molar-refractivity contribution < 1.29 is 19.1 Å². The number of aryl methyl sites for hydroxylation is 4. The molecule has 3 amide bonds. The minimum absolute atomic E-state index is 0.118. The van der Waals surface area contributed by atoms with Crippen molar-refractivity contribution >= 4 is 23.6 Å². The van der Waals surface area contributed by atoms with Crippen LogP contribution in [0, 0.1) is 27.7 Å². The molecule has 2 aromatic rings. The number of carbonyl (C=O) groups is 3. The number of para-hydroxylation sites is 1. The molecular weight excluding hydrogens is 442 g/mol. The largest absolute Gasteiger partial charge is 0.444 e. The number of alkyl carbamates (subject to hydrolysis) is 1. The fraction of sp³-hybridized carbons (Fsp3) is 0.393. The van der Waals surface area contributed by atoms with E-state index in [9.17, 15) is 14.4 Å². The maximum Gasteiger partial charge on any atom is 0.408 e. The number of hydrogen-bond donors (Lipinski definition) is 2. The second-order valence-electron chi connectivity index (χ2n) is 9.71. The molecule has 0 heterocycles. The molecule has 7 nitrogen and oxygen atoms in total. The maximum absolute atomic E-state index is 13.7. The topological polar surface area (TPSA) is 87.7 Å². The first-order valence-electron chi connectivity index (χ1n) is 11.7. The van der Waals surface area contributed by atoms with Crippen molar-refractivity contribution in [3.63, 3.8) is 0 Å². The van der Waals surface area contributed by atoms with Crippen molar-refractivity contribution in [3.05, 3.63) is 76.9 Å². The van der Waals surface area contributed by atoms with Crippen LogP contribution in [-0.4, -0.2) is 41.5 Å². The standard InChI is InChI=1S/C28H37N3O4/c1-9-15-31(23(32)17-29-27(34)35-28(6,7)8)25(22-14-13-18(2)16-21(22)5)26(33)30-24-19(3)11-10-12-20(24)4/h9-14,16,25H,1,15,17H2,2-8H3,(H,29,34)(H,30,33). The van der Waals surface area contributed by atoms with Crippen LogP contribution in [-0.2, 0) is 14.3 Å². The third kappa shape index (κ3) is 7.70. The Morgan fingerprint density at radius 3 is 2.20 bits per heavy atom. The summed E-state index contributed by atoms with van der Waals surface area (Å²) in [4.78, 5) is 40.6. The van der Waals surface area contributed by atoms with E-state index >= 15 is 0 Å². The summed E-state index contributed by atoms with van der Waals surface area (Å²) in [6.07, 6.45) is 0.862. The van der Waals surface area contributed by atoms with Crippen LogP contribution in [0.4, 0.5) is 10.5 Å². The fourth-order valence-corrected chi connectivity index (χ4v) is 3.84. The average molecular weight is 480 g/mol. The van der Waals surface area contributed by atoms with Crippen LogP contribution < -0.4 is 10.6 Å². The summed E-state index contributed by atoms with van der Waals surface area (Å²) in [6, 6.07) is 10.6. The summed E-state index contributed by atoms with van der Waals surface area (Å²) in [5.41, 5.74) is 4.50. The third-order valence-corrected chi connectivity index (χ3v) is 5.44. The highest BCUT2D eigenvalue weighted by molar-refractivity contribution is 5.99. The van der Waals surface area contributed by atoms with Crippen LogP contribution in [0.25, 0.3) is 0 Å². The molecule has 0 aliphatic carbocycles. The molecule has 2 aromatic carbocycles. The molecule has 0 radical (unpaired) electrons. The predicted molar refractivity (Wildman–Crippen MR) is 139 cm³/mol. The number of anilines is 1. The van der Waals surface area contributed by atoms with Crippen LogP contribution in [0.3, 0.4) is 0 Å². The molecule has 2 N–H and O–H groups in total. The van der Waals surface area contributed by atoms with E-state index in [1.54, 1.807) is 26.8 Å². The Kier molecular flexibility index (Phi) is 9.23. The molecule has 1 atom stereocenters. The van der Waals surface area contributed by atoms with Crippen molar-refractivity contribution in [3.8, 4) is 0 Å². The Bertz CT molecular complexity index is 1080. The van der Waals surface area contributed by atoms with Gasteiger partial charge in [-0.15, -0.1) is 6.58 Å². The van der Waals surface area contributed by atoms with Gasteiger partial charge in [0.1, 0.15) is 18.2 Å². The monoisotopic (exact) mass is 479 g/mol. The normalized spacial score (nSPS) is 11.9. The number of nitrogens with one attached hydrogen (secondary N) is 2. The highest BCUT2D eigenvalue weighted by atomic mass is 16.6. The van der Waals surface area contributed by atoms with E-state index in [4.69, 9.17) is 4.74 Å². The first-order chi connectivity index (χ1) is 16.3.